The highest BCUT2D eigenvalue weighted by atomic mass is 79.9. The summed E-state index contributed by atoms with van der Waals surface area (Å²) in [4.78, 5) is 14.7. The number of hydrogen-bond donors (Lipinski definition) is 0. The van der Waals surface area contributed by atoms with Crippen LogP contribution in [0.25, 0.3) is 0 Å². The van der Waals surface area contributed by atoms with E-state index >= 15 is 0 Å². The number of alkyl halides is 1. The highest BCUT2D eigenvalue weighted by Crippen LogP contribution is 2.35. The molecular weight excluding hydrogens is 326 g/mol. The van der Waals surface area contributed by atoms with E-state index in [9.17, 15) is 4.79 Å². The minimum absolute atomic E-state index is 0.0512. The first-order chi connectivity index (χ1) is 9.60. The molecule has 0 spiro atoms. The number of halogens is 1. The van der Waals surface area contributed by atoms with Gasteiger partial charge in [-0.1, -0.05) is 15.9 Å². The normalized spacial score (nSPS) is 18.0. The molecule has 20 heavy (non-hydrogen) atoms. The smallest absolute Gasteiger partial charge is 0.257 e. The zero-order valence-electron chi connectivity index (χ0n) is 11.8. The molecule has 0 bridgehead atoms. The van der Waals surface area contributed by atoms with Crippen LogP contribution in [0.4, 0.5) is 0 Å². The highest BCUT2D eigenvalue weighted by Gasteiger charge is 2.28. The summed E-state index contributed by atoms with van der Waals surface area (Å²) >= 11 is 3.54. The van der Waals surface area contributed by atoms with Crippen molar-refractivity contribution in [2.45, 2.75) is 11.2 Å². The van der Waals surface area contributed by atoms with E-state index in [4.69, 9.17) is 14.2 Å². The Kier molecular flexibility index (Phi) is 4.75. The molecule has 0 N–H and O–H groups in total. The average Bonchev–Trinajstić information content (AvgIpc) is 2.91. The average molecular weight is 344 g/mol. The summed E-state index contributed by atoms with van der Waals surface area (Å²) in [7, 11) is 4.63. The first-order valence-electron chi connectivity index (χ1n) is 6.34. The van der Waals surface area contributed by atoms with Gasteiger partial charge in [-0.3, -0.25) is 4.79 Å². The minimum atomic E-state index is -0.0512. The number of ether oxygens (including phenoxy) is 3. The van der Waals surface area contributed by atoms with Gasteiger partial charge in [0.2, 0.25) is 0 Å². The molecule has 1 atom stereocenters. The van der Waals surface area contributed by atoms with Crippen LogP contribution < -0.4 is 14.2 Å². The molecule has 1 amide bonds. The van der Waals surface area contributed by atoms with Gasteiger partial charge >= 0.3 is 0 Å². The molecule has 1 aliphatic rings. The van der Waals surface area contributed by atoms with Gasteiger partial charge in [0.25, 0.3) is 5.91 Å². The van der Waals surface area contributed by atoms with E-state index in [2.05, 4.69) is 15.9 Å². The predicted molar refractivity (Wildman–Crippen MR) is 79.3 cm³/mol. The lowest BCUT2D eigenvalue weighted by Crippen LogP contribution is -2.29. The summed E-state index contributed by atoms with van der Waals surface area (Å²) in [6.07, 6.45) is 0.960. The van der Waals surface area contributed by atoms with Crippen molar-refractivity contribution in [2.75, 3.05) is 34.4 Å². The van der Waals surface area contributed by atoms with E-state index in [1.54, 1.807) is 26.4 Å². The van der Waals surface area contributed by atoms with Gasteiger partial charge in [-0.15, -0.1) is 0 Å². The fourth-order valence-electron chi connectivity index (χ4n) is 2.27. The number of hydrogen-bond acceptors (Lipinski definition) is 4. The fraction of sp³-hybridized carbons (Fsp3) is 0.500. The molecule has 1 saturated heterocycles. The minimum Gasteiger partial charge on any atom is -0.496 e. The van der Waals surface area contributed by atoms with E-state index in [1.165, 1.54) is 7.11 Å². The molecule has 110 valence electrons. The van der Waals surface area contributed by atoms with E-state index in [0.29, 0.717) is 34.2 Å². The molecule has 0 saturated carbocycles. The first-order valence-corrected chi connectivity index (χ1v) is 7.25. The van der Waals surface area contributed by atoms with Gasteiger partial charge in [0.15, 0.2) is 11.5 Å². The van der Waals surface area contributed by atoms with E-state index in [1.807, 2.05) is 4.90 Å². The van der Waals surface area contributed by atoms with Crippen LogP contribution in [0.15, 0.2) is 12.1 Å². The second kappa shape index (κ2) is 6.35. The van der Waals surface area contributed by atoms with Crippen molar-refractivity contribution in [1.82, 2.24) is 4.90 Å². The van der Waals surface area contributed by atoms with Gasteiger partial charge in [-0.05, 0) is 6.42 Å². The quantitative estimate of drug-likeness (QED) is 0.787. The van der Waals surface area contributed by atoms with E-state index < -0.39 is 0 Å². The van der Waals surface area contributed by atoms with Gasteiger partial charge < -0.3 is 19.1 Å². The Hall–Kier alpha value is -1.43. The van der Waals surface area contributed by atoms with Crippen LogP contribution in [0.3, 0.4) is 0 Å². The van der Waals surface area contributed by atoms with Crippen LogP contribution in [0.2, 0.25) is 0 Å². The topological polar surface area (TPSA) is 48.0 Å². The van der Waals surface area contributed by atoms with E-state index in [-0.39, 0.29) is 5.91 Å². The van der Waals surface area contributed by atoms with Crippen LogP contribution in [-0.4, -0.2) is 50.1 Å². The van der Waals surface area contributed by atoms with Crippen molar-refractivity contribution in [3.05, 3.63) is 17.7 Å². The molecular formula is C14H18BrNO4. The number of carbonyl (C=O) groups excluding carboxylic acids is 1. The molecule has 1 aromatic rings. The number of amides is 1. The van der Waals surface area contributed by atoms with Crippen molar-refractivity contribution >= 4 is 21.8 Å². The second-order valence-electron chi connectivity index (χ2n) is 4.54. The summed E-state index contributed by atoms with van der Waals surface area (Å²) < 4.78 is 15.8. The molecule has 0 aromatic heterocycles. The lowest BCUT2D eigenvalue weighted by molar-refractivity contribution is 0.0789. The van der Waals surface area contributed by atoms with Crippen LogP contribution in [0.5, 0.6) is 17.2 Å². The SMILES string of the molecule is COc1cc(OC)c(C(=O)N2CCC(Br)C2)cc1OC. The fourth-order valence-corrected chi connectivity index (χ4v) is 2.82. The Morgan fingerprint density at radius 1 is 1.15 bits per heavy atom. The Bertz CT molecular complexity index is 506. The predicted octanol–water partition coefficient (Wildman–Crippen LogP) is 2.32. The summed E-state index contributed by atoms with van der Waals surface area (Å²) in [5.74, 6) is 1.50. The van der Waals surface area contributed by atoms with Crippen LogP contribution in [-0.2, 0) is 0 Å². The molecule has 5 nitrogen and oxygen atoms in total. The van der Waals surface area contributed by atoms with E-state index in [0.717, 1.165) is 13.0 Å². The summed E-state index contributed by atoms with van der Waals surface area (Å²) in [5, 5.41) is 0. The maximum Gasteiger partial charge on any atom is 0.257 e. The molecule has 0 aliphatic carbocycles. The van der Waals surface area contributed by atoms with Gasteiger partial charge in [-0.25, -0.2) is 0 Å². The zero-order chi connectivity index (χ0) is 14.7. The van der Waals surface area contributed by atoms with Gasteiger partial charge in [0.1, 0.15) is 5.75 Å². The monoisotopic (exact) mass is 343 g/mol. The number of benzene rings is 1. The Morgan fingerprint density at radius 2 is 1.75 bits per heavy atom. The van der Waals surface area contributed by atoms with Crippen molar-refractivity contribution in [2.24, 2.45) is 0 Å². The van der Waals surface area contributed by atoms with Gasteiger partial charge in [0.05, 0.1) is 26.9 Å². The lowest BCUT2D eigenvalue weighted by atomic mass is 10.1. The highest BCUT2D eigenvalue weighted by molar-refractivity contribution is 9.09. The maximum atomic E-state index is 12.6. The molecule has 1 fully saturated rings. The second-order valence-corrected chi connectivity index (χ2v) is 5.84. The zero-order valence-corrected chi connectivity index (χ0v) is 13.4. The molecule has 2 rings (SSSR count). The molecule has 0 radical (unpaired) electrons. The number of likely N-dealkylation sites (tertiary alicyclic amines) is 1. The lowest BCUT2D eigenvalue weighted by Gasteiger charge is -2.19. The summed E-state index contributed by atoms with van der Waals surface area (Å²) in [6.45, 7) is 1.45. The van der Waals surface area contributed by atoms with Crippen molar-refractivity contribution in [3.8, 4) is 17.2 Å². The third kappa shape index (κ3) is 2.85. The molecule has 1 heterocycles. The number of carbonyl (C=O) groups is 1. The Balaban J connectivity index is 2.36. The van der Waals surface area contributed by atoms with Crippen molar-refractivity contribution in [3.63, 3.8) is 0 Å². The van der Waals surface area contributed by atoms with Crippen molar-refractivity contribution in [1.29, 1.82) is 0 Å². The largest absolute Gasteiger partial charge is 0.496 e. The number of rotatable bonds is 4. The van der Waals surface area contributed by atoms with Gasteiger partial charge in [-0.2, -0.15) is 0 Å². The number of methoxy groups -OCH3 is 3. The Labute approximate surface area is 126 Å². The van der Waals surface area contributed by atoms with Crippen LogP contribution >= 0.6 is 15.9 Å². The van der Waals surface area contributed by atoms with Crippen molar-refractivity contribution < 1.29 is 19.0 Å². The summed E-state index contributed by atoms with van der Waals surface area (Å²) in [5.41, 5.74) is 0.492. The maximum absolute atomic E-state index is 12.6. The summed E-state index contributed by atoms with van der Waals surface area (Å²) in [6, 6.07) is 3.34. The molecule has 6 heteroatoms. The molecule has 1 aliphatic heterocycles. The molecule has 1 aromatic carbocycles. The standard InChI is InChI=1S/C14H18BrNO4/c1-18-11-7-13(20-3)12(19-2)6-10(11)14(17)16-5-4-9(15)8-16/h6-7,9H,4-5,8H2,1-3H3. The van der Waals surface area contributed by atoms with Gasteiger partial charge in [0, 0.05) is 30.0 Å². The first kappa shape index (κ1) is 15.0. The van der Waals surface area contributed by atoms with Crippen LogP contribution in [0.1, 0.15) is 16.8 Å². The number of nitrogens with zero attached hydrogens (tertiary/aromatic N) is 1. The van der Waals surface area contributed by atoms with Crippen LogP contribution in [0, 0.1) is 0 Å². The Morgan fingerprint density at radius 3 is 2.25 bits per heavy atom. The third-order valence-electron chi connectivity index (χ3n) is 3.35. The third-order valence-corrected chi connectivity index (χ3v) is 4.10. The molecule has 1 unspecified atom stereocenters.